The van der Waals surface area contributed by atoms with Crippen LogP contribution in [0.5, 0.6) is 0 Å². The molecule has 0 rings (SSSR count). The van der Waals surface area contributed by atoms with E-state index in [0.717, 1.165) is 0 Å². The molecule has 0 spiro atoms. The van der Waals surface area contributed by atoms with Crippen molar-refractivity contribution in [3.63, 3.8) is 0 Å². The van der Waals surface area contributed by atoms with Crippen LogP contribution in [0.2, 0.25) is 0 Å². The van der Waals surface area contributed by atoms with Gasteiger partial charge in [-0.1, -0.05) is 0 Å². The fraction of sp³-hybridized carbons (Fsp3) is 1.00. The summed E-state index contributed by atoms with van der Waals surface area (Å²) in [6.07, 6.45) is 0. The zero-order valence-electron chi connectivity index (χ0n) is 5.68. The maximum Gasteiger partial charge on any atom is 0.515 e. The van der Waals surface area contributed by atoms with Gasteiger partial charge in [0.05, 0.1) is 6.61 Å². The van der Waals surface area contributed by atoms with Crippen molar-refractivity contribution in [2.45, 2.75) is 6.92 Å². The molecule has 0 radical (unpaired) electrons. The Bertz CT molecular complexity index is 166. The molecule has 2 atom stereocenters. The van der Waals surface area contributed by atoms with Gasteiger partial charge in [-0.15, -0.1) is 0 Å². The third kappa shape index (κ3) is 5.03. The van der Waals surface area contributed by atoms with Gasteiger partial charge in [0, 0.05) is 0 Å². The zero-order valence-corrected chi connectivity index (χ0v) is 7.47. The van der Waals surface area contributed by atoms with Crippen LogP contribution < -0.4 is 0 Å². The van der Waals surface area contributed by atoms with Gasteiger partial charge in [-0.05, 0) is 15.8 Å². The summed E-state index contributed by atoms with van der Waals surface area (Å²) >= 11 is 0. The van der Waals surface area contributed by atoms with Crippen LogP contribution >= 0.6 is 15.9 Å². The predicted molar refractivity (Wildman–Crippen MR) is 36.1 cm³/mol. The first-order valence-corrected chi connectivity index (χ1v) is 5.68. The van der Waals surface area contributed by atoms with Crippen LogP contribution in [-0.2, 0) is 18.0 Å². The molecule has 0 saturated heterocycles. The molecule has 0 heterocycles. The van der Waals surface area contributed by atoms with E-state index in [1.165, 1.54) is 13.6 Å². The minimum atomic E-state index is -4.03. The second kappa shape index (κ2) is 4.16. The molecule has 0 amide bonds. The summed E-state index contributed by atoms with van der Waals surface area (Å²) in [5.74, 6) is 0. The molecule has 1 N–H and O–H groups in total. The Hall–Kier alpha value is 0.210. The third-order valence-electron chi connectivity index (χ3n) is 0.510. The van der Waals surface area contributed by atoms with Crippen LogP contribution in [-0.4, -0.2) is 18.2 Å². The van der Waals surface area contributed by atoms with Crippen molar-refractivity contribution in [3.05, 3.63) is 0 Å². The van der Waals surface area contributed by atoms with Crippen LogP contribution in [0.4, 0.5) is 0 Å². The minimum Gasteiger partial charge on any atom is -0.300 e. The van der Waals surface area contributed by atoms with E-state index in [2.05, 4.69) is 8.83 Å². The van der Waals surface area contributed by atoms with Crippen molar-refractivity contribution in [2.24, 2.45) is 0 Å². The van der Waals surface area contributed by atoms with E-state index in [1.54, 1.807) is 0 Å². The second-order valence-corrected chi connectivity index (χ2v) is 4.14. The van der Waals surface area contributed by atoms with E-state index in [1.807, 2.05) is 0 Å². The summed E-state index contributed by atoms with van der Waals surface area (Å²) in [6, 6.07) is 0. The Labute approximate surface area is 59.8 Å². The van der Waals surface area contributed by atoms with Crippen LogP contribution in [0.1, 0.15) is 6.92 Å². The molecule has 0 aliphatic rings. The SMILES string of the molecule is CCOP(=O)(O)O[P+](C)=O. The molecule has 7 heteroatoms. The lowest BCUT2D eigenvalue weighted by Gasteiger charge is -2.00. The van der Waals surface area contributed by atoms with Gasteiger partial charge >= 0.3 is 15.9 Å². The molecular weight excluding hydrogens is 178 g/mol. The number of phosphoric acid groups is 1. The Balaban J connectivity index is 3.87. The summed E-state index contributed by atoms with van der Waals surface area (Å²) in [5.41, 5.74) is 0. The van der Waals surface area contributed by atoms with E-state index >= 15 is 0 Å². The minimum absolute atomic E-state index is 0.0525. The van der Waals surface area contributed by atoms with Crippen LogP contribution in [0.15, 0.2) is 0 Å². The van der Waals surface area contributed by atoms with Crippen molar-refractivity contribution in [2.75, 3.05) is 13.3 Å². The summed E-state index contributed by atoms with van der Waals surface area (Å²) in [4.78, 5) is 8.61. The molecule has 0 aromatic rings. The van der Waals surface area contributed by atoms with E-state index in [9.17, 15) is 9.13 Å². The van der Waals surface area contributed by atoms with Gasteiger partial charge in [0.15, 0.2) is 6.66 Å². The van der Waals surface area contributed by atoms with Gasteiger partial charge in [-0.3, -0.25) is 4.52 Å². The first kappa shape index (κ1) is 10.2. The van der Waals surface area contributed by atoms with Crippen molar-refractivity contribution < 1.29 is 22.9 Å². The van der Waals surface area contributed by atoms with E-state index in [0.29, 0.717) is 0 Å². The maximum atomic E-state index is 10.6. The average Bonchev–Trinajstić information content (AvgIpc) is 1.59. The van der Waals surface area contributed by atoms with Gasteiger partial charge in [0.25, 0.3) is 0 Å². The largest absolute Gasteiger partial charge is 0.515 e. The second-order valence-electron chi connectivity index (χ2n) is 1.41. The Kier molecular flexibility index (Phi) is 4.25. The third-order valence-corrected chi connectivity index (χ3v) is 2.84. The quantitative estimate of drug-likeness (QED) is 0.675. The number of phosphoric ester groups is 1. The standard InChI is InChI=1S/C3H8O5P2/c1-3-7-10(5,6)8-9(2)4/h3H2,1-2H3/p+1. The van der Waals surface area contributed by atoms with Crippen LogP contribution in [0.3, 0.4) is 0 Å². The molecular formula is C3H9O5P2+. The van der Waals surface area contributed by atoms with Crippen molar-refractivity contribution in [1.29, 1.82) is 0 Å². The fourth-order valence-corrected chi connectivity index (χ4v) is 2.01. The summed E-state index contributed by atoms with van der Waals surface area (Å²) < 4.78 is 29.1. The van der Waals surface area contributed by atoms with Gasteiger partial charge in [0.1, 0.15) is 0 Å². The topological polar surface area (TPSA) is 72.8 Å². The Morgan fingerprint density at radius 2 is 2.20 bits per heavy atom. The number of hydrogen-bond acceptors (Lipinski definition) is 4. The molecule has 0 aliphatic carbocycles. The normalized spacial score (nSPS) is 18.1. The van der Waals surface area contributed by atoms with Crippen molar-refractivity contribution in [1.82, 2.24) is 0 Å². The lowest BCUT2D eigenvalue weighted by molar-refractivity contribution is 0.217. The molecule has 0 aromatic heterocycles. The Morgan fingerprint density at radius 1 is 1.70 bits per heavy atom. The molecule has 0 saturated carbocycles. The summed E-state index contributed by atoms with van der Waals surface area (Å²) in [6.45, 7) is 2.77. The van der Waals surface area contributed by atoms with Gasteiger partial charge in [0.2, 0.25) is 0 Å². The summed E-state index contributed by atoms with van der Waals surface area (Å²) in [5, 5.41) is 0. The molecule has 2 unspecified atom stereocenters. The van der Waals surface area contributed by atoms with E-state index in [4.69, 9.17) is 4.89 Å². The highest BCUT2D eigenvalue weighted by molar-refractivity contribution is 7.57. The lowest BCUT2D eigenvalue weighted by Crippen LogP contribution is -1.88. The predicted octanol–water partition coefficient (Wildman–Crippen LogP) is 1.51. The first-order valence-electron chi connectivity index (χ1n) is 2.56. The number of hydrogen-bond donors (Lipinski definition) is 1. The van der Waals surface area contributed by atoms with E-state index in [-0.39, 0.29) is 6.61 Å². The highest BCUT2D eigenvalue weighted by Crippen LogP contribution is 2.50. The Morgan fingerprint density at radius 3 is 2.50 bits per heavy atom. The molecule has 0 aromatic carbocycles. The van der Waals surface area contributed by atoms with Crippen molar-refractivity contribution >= 4 is 15.9 Å². The summed E-state index contributed by atoms with van der Waals surface area (Å²) in [7, 11) is -6.12. The van der Waals surface area contributed by atoms with Gasteiger partial charge in [-0.25, -0.2) is 4.57 Å². The molecule has 0 bridgehead atoms. The van der Waals surface area contributed by atoms with Crippen LogP contribution in [0, 0.1) is 0 Å². The molecule has 0 aliphatic heterocycles. The maximum absolute atomic E-state index is 10.6. The van der Waals surface area contributed by atoms with Crippen molar-refractivity contribution in [3.8, 4) is 0 Å². The van der Waals surface area contributed by atoms with E-state index < -0.39 is 15.9 Å². The molecule has 0 fully saturated rings. The number of rotatable bonds is 4. The van der Waals surface area contributed by atoms with Gasteiger partial charge in [-0.2, -0.15) is 0 Å². The fourth-order valence-electron chi connectivity index (χ4n) is 0.332. The molecule has 60 valence electrons. The zero-order chi connectivity index (χ0) is 8.20. The molecule has 5 nitrogen and oxygen atoms in total. The lowest BCUT2D eigenvalue weighted by atomic mass is 10.9. The smallest absolute Gasteiger partial charge is 0.300 e. The van der Waals surface area contributed by atoms with Gasteiger partial charge < -0.3 is 4.89 Å². The monoisotopic (exact) mass is 187 g/mol. The average molecular weight is 187 g/mol. The highest BCUT2D eigenvalue weighted by atomic mass is 31.2. The molecule has 10 heavy (non-hydrogen) atoms. The highest BCUT2D eigenvalue weighted by Gasteiger charge is 2.30. The first-order chi connectivity index (χ1) is 4.48. The van der Waals surface area contributed by atoms with Crippen LogP contribution in [0.25, 0.3) is 0 Å².